The van der Waals surface area contributed by atoms with Gasteiger partial charge in [0.1, 0.15) is 23.9 Å². The highest BCUT2D eigenvalue weighted by atomic mass is 16.5. The minimum absolute atomic E-state index is 0.170. The van der Waals surface area contributed by atoms with Crippen molar-refractivity contribution in [1.29, 1.82) is 0 Å². The van der Waals surface area contributed by atoms with Crippen LogP contribution in [0.5, 0.6) is 0 Å². The first-order chi connectivity index (χ1) is 12.1. The molecule has 1 atom stereocenters. The first kappa shape index (κ1) is 19.9. The van der Waals surface area contributed by atoms with Gasteiger partial charge in [-0.1, -0.05) is 13.8 Å². The number of imidazole rings is 1. The smallest absolute Gasteiger partial charge is 0.328 e. The Kier molecular flexibility index (Phi) is 5.70. The van der Waals surface area contributed by atoms with Gasteiger partial charge in [0, 0.05) is 20.4 Å². The largest absolute Gasteiger partial charge is 0.711 e. The van der Waals surface area contributed by atoms with Crippen molar-refractivity contribution >= 4 is 17.8 Å². The molecule has 0 bridgehead atoms. The van der Waals surface area contributed by atoms with Crippen molar-refractivity contribution in [3.05, 3.63) is 22.4 Å². The van der Waals surface area contributed by atoms with Gasteiger partial charge in [-0.05, 0) is 20.0 Å². The van der Waals surface area contributed by atoms with Gasteiger partial charge in [0.15, 0.2) is 0 Å². The third kappa shape index (κ3) is 3.57. The normalized spacial score (nSPS) is 17.0. The minimum atomic E-state index is -1.14. The average Bonchev–Trinajstić information content (AvgIpc) is 2.72. The van der Waals surface area contributed by atoms with Gasteiger partial charge in [-0.15, -0.1) is 0 Å². The van der Waals surface area contributed by atoms with Crippen LogP contribution in [0.1, 0.15) is 37.0 Å². The van der Waals surface area contributed by atoms with Crippen molar-refractivity contribution < 1.29 is 19.1 Å². The SMILES string of the molecule is Cc1c(C)[n+]([O-])c([C@H](C(C)C)C2C(=O)NC(=O)NC2=O)n1CCN(C)C. The highest BCUT2D eigenvalue weighted by Gasteiger charge is 2.47. The number of rotatable bonds is 6. The maximum Gasteiger partial charge on any atom is 0.328 e. The summed E-state index contributed by atoms with van der Waals surface area (Å²) in [5, 5.41) is 17.1. The van der Waals surface area contributed by atoms with Crippen molar-refractivity contribution in [2.24, 2.45) is 11.8 Å². The molecule has 1 aromatic heterocycles. The molecule has 2 heterocycles. The fourth-order valence-electron chi connectivity index (χ4n) is 3.38. The van der Waals surface area contributed by atoms with Crippen LogP contribution in [0.15, 0.2) is 0 Å². The molecule has 1 saturated heterocycles. The Morgan fingerprint density at radius 2 is 1.69 bits per heavy atom. The summed E-state index contributed by atoms with van der Waals surface area (Å²) >= 11 is 0. The van der Waals surface area contributed by atoms with E-state index in [9.17, 15) is 19.6 Å². The molecule has 0 radical (unpaired) electrons. The summed E-state index contributed by atoms with van der Waals surface area (Å²) in [5.41, 5.74) is 1.34. The van der Waals surface area contributed by atoms with Crippen LogP contribution in [0.4, 0.5) is 4.79 Å². The van der Waals surface area contributed by atoms with Crippen molar-refractivity contribution in [2.75, 3.05) is 20.6 Å². The fourth-order valence-corrected chi connectivity index (χ4v) is 3.38. The fraction of sp³-hybridized carbons (Fsp3) is 0.647. The third-order valence-electron chi connectivity index (χ3n) is 4.90. The van der Waals surface area contributed by atoms with E-state index in [2.05, 4.69) is 10.6 Å². The van der Waals surface area contributed by atoms with Crippen LogP contribution in [0, 0.1) is 30.9 Å². The Morgan fingerprint density at radius 1 is 1.15 bits per heavy atom. The topological polar surface area (TPSA) is 110 Å². The summed E-state index contributed by atoms with van der Waals surface area (Å²) in [6, 6.07) is -0.830. The van der Waals surface area contributed by atoms with E-state index in [1.165, 1.54) is 0 Å². The molecule has 0 spiro atoms. The number of nitrogens with one attached hydrogen (secondary N) is 2. The zero-order chi connectivity index (χ0) is 19.8. The number of carbonyl (C=O) groups is 3. The lowest BCUT2D eigenvalue weighted by atomic mass is 9.80. The maximum absolute atomic E-state index is 12.9. The van der Waals surface area contributed by atoms with Crippen LogP contribution in [-0.4, -0.2) is 48.0 Å². The molecule has 1 aromatic rings. The highest BCUT2D eigenvalue weighted by molar-refractivity contribution is 6.16. The molecule has 1 fully saturated rings. The van der Waals surface area contributed by atoms with Gasteiger partial charge in [-0.25, -0.2) is 14.1 Å². The Hall–Kier alpha value is -2.42. The van der Waals surface area contributed by atoms with E-state index in [0.717, 1.165) is 10.4 Å². The molecule has 4 amide bonds. The quantitative estimate of drug-likeness (QED) is 0.420. The zero-order valence-electron chi connectivity index (χ0n) is 16.1. The lowest BCUT2D eigenvalue weighted by Gasteiger charge is -2.29. The molecule has 0 saturated carbocycles. The van der Waals surface area contributed by atoms with Gasteiger partial charge >= 0.3 is 6.03 Å². The summed E-state index contributed by atoms with van der Waals surface area (Å²) in [6.07, 6.45) is 0. The lowest BCUT2D eigenvalue weighted by molar-refractivity contribution is -0.622. The molecule has 9 heteroatoms. The minimum Gasteiger partial charge on any atom is -0.711 e. The second-order valence-corrected chi connectivity index (χ2v) is 7.33. The van der Waals surface area contributed by atoms with Crippen LogP contribution in [0.3, 0.4) is 0 Å². The summed E-state index contributed by atoms with van der Waals surface area (Å²) in [7, 11) is 3.87. The van der Waals surface area contributed by atoms with Crippen molar-refractivity contribution in [3.63, 3.8) is 0 Å². The maximum atomic E-state index is 12.9. The second-order valence-electron chi connectivity index (χ2n) is 7.33. The average molecular weight is 365 g/mol. The molecular weight excluding hydrogens is 338 g/mol. The van der Waals surface area contributed by atoms with Gasteiger partial charge in [-0.2, -0.15) is 0 Å². The molecule has 0 aromatic carbocycles. The molecule has 9 nitrogen and oxygen atoms in total. The number of hydrogen-bond acceptors (Lipinski definition) is 5. The molecule has 26 heavy (non-hydrogen) atoms. The summed E-state index contributed by atoms with van der Waals surface area (Å²) in [4.78, 5) is 38.2. The molecule has 0 unspecified atom stereocenters. The number of urea groups is 1. The van der Waals surface area contributed by atoms with Crippen molar-refractivity contribution in [3.8, 4) is 0 Å². The van der Waals surface area contributed by atoms with Gasteiger partial charge in [0.2, 0.25) is 11.8 Å². The van der Waals surface area contributed by atoms with Gasteiger partial charge in [0.05, 0.1) is 5.92 Å². The molecule has 1 aliphatic rings. The Balaban J connectivity index is 2.57. The van der Waals surface area contributed by atoms with Crippen LogP contribution < -0.4 is 15.4 Å². The lowest BCUT2D eigenvalue weighted by Crippen LogP contribution is -2.58. The second kappa shape index (κ2) is 7.45. The van der Waals surface area contributed by atoms with E-state index in [0.29, 0.717) is 24.6 Å². The van der Waals surface area contributed by atoms with Crippen molar-refractivity contribution in [1.82, 2.24) is 20.1 Å². The van der Waals surface area contributed by atoms with Crippen LogP contribution in [0.2, 0.25) is 0 Å². The first-order valence-electron chi connectivity index (χ1n) is 8.65. The van der Waals surface area contributed by atoms with Crippen molar-refractivity contribution in [2.45, 2.75) is 40.2 Å². The molecule has 2 N–H and O–H groups in total. The summed E-state index contributed by atoms with van der Waals surface area (Å²) < 4.78 is 2.69. The monoisotopic (exact) mass is 365 g/mol. The highest BCUT2D eigenvalue weighted by Crippen LogP contribution is 2.33. The summed E-state index contributed by atoms with van der Waals surface area (Å²) in [6.45, 7) is 8.55. The van der Waals surface area contributed by atoms with E-state index in [4.69, 9.17) is 0 Å². The number of likely N-dealkylation sites (N-methyl/N-ethyl adjacent to an activating group) is 1. The molecule has 2 rings (SSSR count). The molecule has 0 aliphatic carbocycles. The van der Waals surface area contributed by atoms with E-state index in [-0.39, 0.29) is 5.92 Å². The number of hydrogen-bond donors (Lipinski definition) is 2. The van der Waals surface area contributed by atoms with Gasteiger partial charge < -0.3 is 10.1 Å². The van der Waals surface area contributed by atoms with E-state index in [1.54, 1.807) is 6.92 Å². The van der Waals surface area contributed by atoms with E-state index < -0.39 is 29.7 Å². The molecular formula is C17H27N5O4. The Morgan fingerprint density at radius 3 is 2.15 bits per heavy atom. The predicted octanol–water partition coefficient (Wildman–Crippen LogP) is 0.0217. The third-order valence-corrected chi connectivity index (χ3v) is 4.90. The molecule has 1 aliphatic heterocycles. The zero-order valence-corrected chi connectivity index (χ0v) is 16.1. The van der Waals surface area contributed by atoms with Crippen LogP contribution >= 0.6 is 0 Å². The van der Waals surface area contributed by atoms with E-state index in [1.807, 2.05) is 44.3 Å². The first-order valence-corrected chi connectivity index (χ1v) is 8.65. The Labute approximate surface area is 152 Å². The van der Waals surface area contributed by atoms with Gasteiger partial charge in [-0.3, -0.25) is 20.2 Å². The Bertz CT molecular complexity index is 718. The predicted molar refractivity (Wildman–Crippen MR) is 94.2 cm³/mol. The number of imide groups is 2. The van der Waals surface area contributed by atoms with E-state index >= 15 is 0 Å². The van der Waals surface area contributed by atoms with Crippen LogP contribution in [0.25, 0.3) is 0 Å². The molecule has 144 valence electrons. The standard InChI is InChI=1S/C17H27N5O4/c1-9(2)12(13-14(23)18-17(25)19-15(13)24)16-21(8-7-20(5)6)10(3)11(4)22(16)26/h9,12-13H,7-8H2,1-6H3,(H2,18,19,23,24,25)/t12-/m1/s1. The van der Waals surface area contributed by atoms with Gasteiger partial charge in [0.25, 0.3) is 5.82 Å². The number of amides is 4. The number of barbiturate groups is 1. The van der Waals surface area contributed by atoms with Crippen LogP contribution in [-0.2, 0) is 16.1 Å². The summed E-state index contributed by atoms with van der Waals surface area (Å²) in [5.74, 6) is -2.94. The number of nitrogens with zero attached hydrogens (tertiary/aromatic N) is 3. The number of aromatic nitrogens is 2. The number of carbonyl (C=O) groups excluding carboxylic acids is 3.